The van der Waals surface area contributed by atoms with Crippen LogP contribution in [0.5, 0.6) is 11.5 Å². The van der Waals surface area contributed by atoms with E-state index in [9.17, 15) is 9.90 Å². The van der Waals surface area contributed by atoms with Gasteiger partial charge in [0.2, 0.25) is 0 Å². The molecule has 1 heterocycles. The molecule has 3 aromatic rings. The molecule has 0 spiro atoms. The van der Waals surface area contributed by atoms with Gasteiger partial charge in [0.15, 0.2) is 0 Å². The molecular formula is C20H19NO4. The minimum Gasteiger partial charge on any atom is -0.464 e. The Hall–Kier alpha value is -3.05. The highest BCUT2D eigenvalue weighted by atomic mass is 16.5. The molecular weight excluding hydrogens is 318 g/mol. The number of hydrogen-bond donors (Lipinski definition) is 2. The minimum absolute atomic E-state index is 0.0774. The fraction of sp³-hybridized carbons (Fsp3) is 0.150. The third-order valence-electron chi connectivity index (χ3n) is 3.64. The van der Waals surface area contributed by atoms with Crippen LogP contribution in [0, 0.1) is 6.92 Å². The molecule has 1 aromatic heterocycles. The van der Waals surface area contributed by atoms with Gasteiger partial charge in [0.1, 0.15) is 29.1 Å². The molecule has 1 atom stereocenters. The molecule has 0 saturated heterocycles. The van der Waals surface area contributed by atoms with Crippen LogP contribution < -0.4 is 10.1 Å². The van der Waals surface area contributed by atoms with Crippen molar-refractivity contribution in [1.82, 2.24) is 5.32 Å². The Bertz CT molecular complexity index is 824. The molecule has 25 heavy (non-hydrogen) atoms. The molecule has 0 bridgehead atoms. The van der Waals surface area contributed by atoms with E-state index >= 15 is 0 Å². The SMILES string of the molecule is Cc1ccc(C(O)CNC(=O)c2ccc(Oc3ccccc3)cc2)o1. The molecule has 0 saturated carbocycles. The summed E-state index contributed by atoms with van der Waals surface area (Å²) < 4.78 is 11.0. The van der Waals surface area contributed by atoms with Crippen molar-refractivity contribution < 1.29 is 19.1 Å². The molecule has 5 nitrogen and oxygen atoms in total. The van der Waals surface area contributed by atoms with E-state index < -0.39 is 6.10 Å². The summed E-state index contributed by atoms with van der Waals surface area (Å²) in [6.07, 6.45) is -0.877. The van der Waals surface area contributed by atoms with Gasteiger partial charge in [-0.3, -0.25) is 4.79 Å². The molecule has 0 radical (unpaired) electrons. The van der Waals surface area contributed by atoms with Crippen LogP contribution in [0.15, 0.2) is 71.1 Å². The molecule has 0 aliphatic carbocycles. The van der Waals surface area contributed by atoms with Gasteiger partial charge >= 0.3 is 0 Å². The van der Waals surface area contributed by atoms with Gasteiger partial charge in [-0.05, 0) is 55.5 Å². The number of rotatable bonds is 6. The fourth-order valence-electron chi connectivity index (χ4n) is 2.32. The van der Waals surface area contributed by atoms with Crippen molar-refractivity contribution in [1.29, 1.82) is 0 Å². The van der Waals surface area contributed by atoms with E-state index in [-0.39, 0.29) is 12.5 Å². The Morgan fingerprint density at radius 2 is 1.72 bits per heavy atom. The third-order valence-corrected chi connectivity index (χ3v) is 3.64. The summed E-state index contributed by atoms with van der Waals surface area (Å²) in [4.78, 5) is 12.2. The molecule has 2 N–H and O–H groups in total. The fourth-order valence-corrected chi connectivity index (χ4v) is 2.32. The molecule has 0 aliphatic rings. The van der Waals surface area contributed by atoms with Crippen LogP contribution in [-0.4, -0.2) is 17.6 Å². The number of aliphatic hydroxyl groups excluding tert-OH is 1. The second-order valence-corrected chi connectivity index (χ2v) is 5.61. The van der Waals surface area contributed by atoms with Gasteiger partial charge in [0.05, 0.1) is 6.54 Å². The van der Waals surface area contributed by atoms with Gasteiger partial charge in [-0.2, -0.15) is 0 Å². The standard InChI is InChI=1S/C20H19NO4/c1-14-7-12-19(24-14)18(22)13-21-20(23)15-8-10-17(11-9-15)25-16-5-3-2-4-6-16/h2-12,18,22H,13H2,1H3,(H,21,23). The first-order valence-corrected chi connectivity index (χ1v) is 7.97. The van der Waals surface area contributed by atoms with Crippen LogP contribution in [0.2, 0.25) is 0 Å². The van der Waals surface area contributed by atoms with Crippen LogP contribution in [0.25, 0.3) is 0 Å². The smallest absolute Gasteiger partial charge is 0.251 e. The van der Waals surface area contributed by atoms with E-state index in [1.807, 2.05) is 30.3 Å². The van der Waals surface area contributed by atoms with E-state index in [2.05, 4.69) is 5.32 Å². The van der Waals surface area contributed by atoms with Gasteiger partial charge in [0, 0.05) is 5.56 Å². The normalized spacial score (nSPS) is 11.8. The summed E-state index contributed by atoms with van der Waals surface area (Å²) in [6.45, 7) is 1.88. The predicted octanol–water partition coefficient (Wildman–Crippen LogP) is 3.84. The second kappa shape index (κ2) is 7.68. The second-order valence-electron chi connectivity index (χ2n) is 5.61. The highest BCUT2D eigenvalue weighted by Crippen LogP contribution is 2.21. The minimum atomic E-state index is -0.877. The first-order valence-electron chi connectivity index (χ1n) is 7.97. The number of amides is 1. The molecule has 2 aromatic carbocycles. The average molecular weight is 337 g/mol. The zero-order chi connectivity index (χ0) is 17.6. The van der Waals surface area contributed by atoms with Gasteiger partial charge in [-0.25, -0.2) is 0 Å². The summed E-state index contributed by atoms with van der Waals surface area (Å²) in [5.41, 5.74) is 0.489. The number of carbonyl (C=O) groups excluding carboxylic acids is 1. The number of ether oxygens (including phenoxy) is 1. The maximum atomic E-state index is 12.2. The monoisotopic (exact) mass is 337 g/mol. The molecule has 5 heteroatoms. The number of para-hydroxylation sites is 1. The Morgan fingerprint density at radius 3 is 2.36 bits per heavy atom. The summed E-state index contributed by atoms with van der Waals surface area (Å²) in [6, 6.07) is 19.7. The first-order chi connectivity index (χ1) is 12.1. The zero-order valence-corrected chi connectivity index (χ0v) is 13.8. The van der Waals surface area contributed by atoms with Gasteiger partial charge in [0.25, 0.3) is 5.91 Å². The number of aryl methyl sites for hydroxylation is 1. The lowest BCUT2D eigenvalue weighted by Gasteiger charge is -2.10. The Balaban J connectivity index is 1.55. The zero-order valence-electron chi connectivity index (χ0n) is 13.8. The maximum Gasteiger partial charge on any atom is 0.251 e. The number of aliphatic hydroxyl groups is 1. The molecule has 3 rings (SSSR count). The van der Waals surface area contributed by atoms with E-state index in [4.69, 9.17) is 9.15 Å². The van der Waals surface area contributed by atoms with E-state index in [0.29, 0.717) is 17.1 Å². The van der Waals surface area contributed by atoms with Crippen molar-refractivity contribution in [3.05, 3.63) is 83.8 Å². The lowest BCUT2D eigenvalue weighted by atomic mass is 10.2. The molecule has 1 unspecified atom stereocenters. The molecule has 0 aliphatic heterocycles. The first kappa shape index (κ1) is 16.8. The highest BCUT2D eigenvalue weighted by Gasteiger charge is 2.14. The maximum absolute atomic E-state index is 12.2. The van der Waals surface area contributed by atoms with E-state index in [1.54, 1.807) is 43.3 Å². The molecule has 128 valence electrons. The van der Waals surface area contributed by atoms with Crippen molar-refractivity contribution in [3.63, 3.8) is 0 Å². The summed E-state index contributed by atoms with van der Waals surface area (Å²) in [7, 11) is 0. The largest absolute Gasteiger partial charge is 0.464 e. The summed E-state index contributed by atoms with van der Waals surface area (Å²) in [5.74, 6) is 2.26. The lowest BCUT2D eigenvalue weighted by molar-refractivity contribution is 0.0900. The van der Waals surface area contributed by atoms with Gasteiger partial charge in [-0.1, -0.05) is 18.2 Å². The predicted molar refractivity (Wildman–Crippen MR) is 93.7 cm³/mol. The summed E-state index contributed by atoms with van der Waals surface area (Å²) >= 11 is 0. The topological polar surface area (TPSA) is 71.7 Å². The number of hydrogen-bond acceptors (Lipinski definition) is 4. The van der Waals surface area contributed by atoms with Crippen molar-refractivity contribution in [2.24, 2.45) is 0 Å². The van der Waals surface area contributed by atoms with Crippen molar-refractivity contribution in [2.45, 2.75) is 13.0 Å². The Kier molecular flexibility index (Phi) is 5.16. The van der Waals surface area contributed by atoms with Crippen molar-refractivity contribution in [3.8, 4) is 11.5 Å². The molecule has 1 amide bonds. The average Bonchev–Trinajstić information content (AvgIpc) is 3.07. The summed E-state index contributed by atoms with van der Waals surface area (Å²) in [5, 5.41) is 12.7. The van der Waals surface area contributed by atoms with Crippen LogP contribution in [0.1, 0.15) is 28.0 Å². The lowest BCUT2D eigenvalue weighted by Crippen LogP contribution is -2.28. The van der Waals surface area contributed by atoms with Gasteiger partial charge in [-0.15, -0.1) is 0 Å². The number of nitrogens with one attached hydrogen (secondary N) is 1. The van der Waals surface area contributed by atoms with Crippen molar-refractivity contribution >= 4 is 5.91 Å². The van der Waals surface area contributed by atoms with Crippen LogP contribution >= 0.6 is 0 Å². The van der Waals surface area contributed by atoms with E-state index in [1.165, 1.54) is 0 Å². The number of carbonyl (C=O) groups is 1. The van der Waals surface area contributed by atoms with Crippen LogP contribution in [0.3, 0.4) is 0 Å². The molecule has 0 fully saturated rings. The Labute approximate surface area is 145 Å². The van der Waals surface area contributed by atoms with E-state index in [0.717, 1.165) is 11.5 Å². The van der Waals surface area contributed by atoms with Crippen LogP contribution in [-0.2, 0) is 0 Å². The quantitative estimate of drug-likeness (QED) is 0.717. The van der Waals surface area contributed by atoms with Gasteiger partial charge < -0.3 is 19.6 Å². The van der Waals surface area contributed by atoms with Crippen LogP contribution in [0.4, 0.5) is 0 Å². The number of benzene rings is 2. The highest BCUT2D eigenvalue weighted by molar-refractivity contribution is 5.94. The number of furan rings is 1. The third kappa shape index (κ3) is 4.49. The Morgan fingerprint density at radius 1 is 1.04 bits per heavy atom. The van der Waals surface area contributed by atoms with Crippen molar-refractivity contribution in [2.75, 3.05) is 6.54 Å².